The largest absolute Gasteiger partial charge is 0.339 e. The summed E-state index contributed by atoms with van der Waals surface area (Å²) in [6, 6.07) is 18.2. The SMILES string of the molecule is CCc1ccccc1N(CC(=O)N1CCN(Cc2ccccc2)CC1)C(C)=O. The minimum Gasteiger partial charge on any atom is -0.339 e. The zero-order valence-corrected chi connectivity index (χ0v) is 16.8. The molecular formula is C23H29N3O2. The third-order valence-corrected chi connectivity index (χ3v) is 5.31. The van der Waals surface area contributed by atoms with Crippen LogP contribution in [0.15, 0.2) is 54.6 Å². The summed E-state index contributed by atoms with van der Waals surface area (Å²) in [6.45, 7) is 7.71. The van der Waals surface area contributed by atoms with Gasteiger partial charge in [0.1, 0.15) is 6.54 Å². The third-order valence-electron chi connectivity index (χ3n) is 5.31. The first kappa shape index (κ1) is 20.1. The zero-order valence-electron chi connectivity index (χ0n) is 16.8. The molecule has 0 bridgehead atoms. The average Bonchev–Trinajstić information content (AvgIpc) is 2.73. The van der Waals surface area contributed by atoms with Crippen LogP contribution in [-0.2, 0) is 22.6 Å². The van der Waals surface area contributed by atoms with Crippen LogP contribution in [0.25, 0.3) is 0 Å². The van der Waals surface area contributed by atoms with Crippen molar-refractivity contribution >= 4 is 17.5 Å². The number of carbonyl (C=O) groups is 2. The highest BCUT2D eigenvalue weighted by Crippen LogP contribution is 2.21. The average molecular weight is 380 g/mol. The molecule has 1 saturated heterocycles. The summed E-state index contributed by atoms with van der Waals surface area (Å²) in [4.78, 5) is 31.0. The Labute approximate surface area is 167 Å². The van der Waals surface area contributed by atoms with E-state index in [-0.39, 0.29) is 18.4 Å². The number of piperazine rings is 1. The molecule has 2 aromatic rings. The van der Waals surface area contributed by atoms with Crippen molar-refractivity contribution in [3.8, 4) is 0 Å². The van der Waals surface area contributed by atoms with Gasteiger partial charge >= 0.3 is 0 Å². The number of hydrogen-bond acceptors (Lipinski definition) is 3. The normalized spacial score (nSPS) is 14.7. The first-order valence-corrected chi connectivity index (χ1v) is 9.98. The molecule has 1 aliphatic rings. The molecule has 5 nitrogen and oxygen atoms in total. The Morgan fingerprint density at radius 2 is 1.57 bits per heavy atom. The lowest BCUT2D eigenvalue weighted by Crippen LogP contribution is -2.51. The number of nitrogens with zero attached hydrogens (tertiary/aromatic N) is 3. The van der Waals surface area contributed by atoms with Crippen LogP contribution in [0, 0.1) is 0 Å². The van der Waals surface area contributed by atoms with Gasteiger partial charge in [-0.3, -0.25) is 14.5 Å². The number of carbonyl (C=O) groups excluding carboxylic acids is 2. The van der Waals surface area contributed by atoms with Crippen molar-refractivity contribution in [3.05, 3.63) is 65.7 Å². The third kappa shape index (κ3) is 4.98. The lowest BCUT2D eigenvalue weighted by molar-refractivity contribution is -0.132. The molecule has 0 spiro atoms. The minimum absolute atomic E-state index is 0.0143. The molecule has 0 aliphatic carbocycles. The summed E-state index contributed by atoms with van der Waals surface area (Å²) in [5.41, 5.74) is 3.22. The van der Waals surface area contributed by atoms with Gasteiger partial charge in [-0.15, -0.1) is 0 Å². The van der Waals surface area contributed by atoms with Crippen molar-refractivity contribution in [2.45, 2.75) is 26.8 Å². The highest BCUT2D eigenvalue weighted by atomic mass is 16.2. The smallest absolute Gasteiger partial charge is 0.242 e. The molecule has 0 N–H and O–H groups in total. The Morgan fingerprint density at radius 1 is 0.929 bits per heavy atom. The molecule has 1 heterocycles. The maximum atomic E-state index is 12.9. The van der Waals surface area contributed by atoms with Crippen molar-refractivity contribution < 1.29 is 9.59 Å². The van der Waals surface area contributed by atoms with E-state index in [0.29, 0.717) is 13.1 Å². The molecule has 28 heavy (non-hydrogen) atoms. The molecule has 1 aliphatic heterocycles. The van der Waals surface area contributed by atoms with Crippen LogP contribution in [0.2, 0.25) is 0 Å². The first-order valence-electron chi connectivity index (χ1n) is 9.98. The molecule has 0 unspecified atom stereocenters. The monoisotopic (exact) mass is 379 g/mol. The van der Waals surface area contributed by atoms with Crippen molar-refractivity contribution in [2.24, 2.45) is 0 Å². The zero-order chi connectivity index (χ0) is 19.9. The maximum absolute atomic E-state index is 12.9. The van der Waals surface area contributed by atoms with E-state index >= 15 is 0 Å². The summed E-state index contributed by atoms with van der Waals surface area (Å²) < 4.78 is 0. The Bertz CT molecular complexity index is 799. The van der Waals surface area contributed by atoms with E-state index in [0.717, 1.165) is 37.3 Å². The predicted octanol–water partition coefficient (Wildman–Crippen LogP) is 2.95. The van der Waals surface area contributed by atoms with E-state index in [1.807, 2.05) is 35.2 Å². The maximum Gasteiger partial charge on any atom is 0.242 e. The molecule has 0 atom stereocenters. The van der Waals surface area contributed by atoms with Gasteiger partial charge in [-0.25, -0.2) is 0 Å². The Kier molecular flexibility index (Phi) is 6.82. The van der Waals surface area contributed by atoms with E-state index in [1.165, 1.54) is 12.5 Å². The molecule has 2 amide bonds. The van der Waals surface area contributed by atoms with Crippen LogP contribution >= 0.6 is 0 Å². The van der Waals surface area contributed by atoms with E-state index in [9.17, 15) is 9.59 Å². The lowest BCUT2D eigenvalue weighted by atomic mass is 10.1. The van der Waals surface area contributed by atoms with Gasteiger partial charge in [-0.05, 0) is 23.6 Å². The fraction of sp³-hybridized carbons (Fsp3) is 0.391. The molecule has 148 valence electrons. The molecule has 3 rings (SSSR count). The molecule has 0 saturated carbocycles. The number of hydrogen-bond donors (Lipinski definition) is 0. The summed E-state index contributed by atoms with van der Waals surface area (Å²) in [5, 5.41) is 0. The van der Waals surface area contributed by atoms with Crippen LogP contribution in [0.1, 0.15) is 25.0 Å². The summed E-state index contributed by atoms with van der Waals surface area (Å²) >= 11 is 0. The van der Waals surface area contributed by atoms with Gasteiger partial charge in [0.25, 0.3) is 0 Å². The second-order valence-corrected chi connectivity index (χ2v) is 7.23. The predicted molar refractivity (Wildman–Crippen MR) is 112 cm³/mol. The summed E-state index contributed by atoms with van der Waals surface area (Å²) in [7, 11) is 0. The molecule has 0 radical (unpaired) electrons. The Morgan fingerprint density at radius 3 is 2.21 bits per heavy atom. The molecule has 1 fully saturated rings. The van der Waals surface area contributed by atoms with Gasteiger partial charge in [0.15, 0.2) is 0 Å². The van der Waals surface area contributed by atoms with E-state index in [2.05, 4.69) is 36.1 Å². The van der Waals surface area contributed by atoms with Gasteiger partial charge in [0.05, 0.1) is 0 Å². The molecule has 0 aromatic heterocycles. The molecule has 2 aromatic carbocycles. The van der Waals surface area contributed by atoms with Crippen LogP contribution in [-0.4, -0.2) is 54.3 Å². The van der Waals surface area contributed by atoms with Crippen LogP contribution < -0.4 is 4.90 Å². The standard InChI is InChI=1S/C23H29N3O2/c1-3-21-11-7-8-12-22(21)26(19(2)27)18-23(28)25-15-13-24(14-16-25)17-20-9-5-4-6-10-20/h4-12H,3,13-18H2,1-2H3. The minimum atomic E-state index is -0.100. The van der Waals surface area contributed by atoms with E-state index in [1.54, 1.807) is 4.90 Å². The topological polar surface area (TPSA) is 43.9 Å². The molecule has 5 heteroatoms. The van der Waals surface area contributed by atoms with Gasteiger partial charge in [0, 0.05) is 45.3 Å². The second-order valence-electron chi connectivity index (χ2n) is 7.23. The fourth-order valence-electron chi connectivity index (χ4n) is 3.67. The first-order chi connectivity index (χ1) is 13.6. The number of amides is 2. The van der Waals surface area contributed by atoms with Gasteiger partial charge < -0.3 is 9.80 Å². The fourth-order valence-corrected chi connectivity index (χ4v) is 3.67. The molecular weight excluding hydrogens is 350 g/mol. The van der Waals surface area contributed by atoms with E-state index < -0.39 is 0 Å². The summed E-state index contributed by atoms with van der Waals surface area (Å²) in [6.07, 6.45) is 0.826. The number of benzene rings is 2. The van der Waals surface area contributed by atoms with E-state index in [4.69, 9.17) is 0 Å². The van der Waals surface area contributed by atoms with Crippen LogP contribution in [0.3, 0.4) is 0 Å². The highest BCUT2D eigenvalue weighted by Gasteiger charge is 2.25. The van der Waals surface area contributed by atoms with Gasteiger partial charge in [0.2, 0.25) is 11.8 Å². The number of rotatable bonds is 6. The second kappa shape index (κ2) is 9.51. The lowest BCUT2D eigenvalue weighted by Gasteiger charge is -2.36. The van der Waals surface area contributed by atoms with Gasteiger partial charge in [-0.1, -0.05) is 55.5 Å². The summed E-state index contributed by atoms with van der Waals surface area (Å²) in [5.74, 6) is -0.0857. The number of para-hydroxylation sites is 1. The quantitative estimate of drug-likeness (QED) is 0.775. The van der Waals surface area contributed by atoms with Crippen molar-refractivity contribution in [1.29, 1.82) is 0 Å². The van der Waals surface area contributed by atoms with Crippen molar-refractivity contribution in [3.63, 3.8) is 0 Å². The highest BCUT2D eigenvalue weighted by molar-refractivity contribution is 5.98. The van der Waals surface area contributed by atoms with Crippen LogP contribution in [0.5, 0.6) is 0 Å². The van der Waals surface area contributed by atoms with Crippen molar-refractivity contribution in [1.82, 2.24) is 9.80 Å². The van der Waals surface area contributed by atoms with Crippen molar-refractivity contribution in [2.75, 3.05) is 37.6 Å². The van der Waals surface area contributed by atoms with Gasteiger partial charge in [-0.2, -0.15) is 0 Å². The number of aryl methyl sites for hydroxylation is 1. The Balaban J connectivity index is 1.59. The number of anilines is 1. The van der Waals surface area contributed by atoms with Crippen LogP contribution in [0.4, 0.5) is 5.69 Å². The Hall–Kier alpha value is -2.66.